The molecule has 4 heteroatoms. The van der Waals surface area contributed by atoms with Crippen LogP contribution < -0.4 is 4.74 Å². The van der Waals surface area contributed by atoms with E-state index in [2.05, 4.69) is 11.2 Å². The van der Waals surface area contributed by atoms with Gasteiger partial charge in [0.15, 0.2) is 0 Å². The van der Waals surface area contributed by atoms with Crippen LogP contribution in [0.15, 0.2) is 29.4 Å². The molecular formula is C15H20N2O2. The van der Waals surface area contributed by atoms with Gasteiger partial charge in [0.25, 0.3) is 0 Å². The van der Waals surface area contributed by atoms with Crippen molar-refractivity contribution in [2.75, 3.05) is 6.61 Å². The van der Waals surface area contributed by atoms with E-state index in [1.165, 1.54) is 0 Å². The van der Waals surface area contributed by atoms with Crippen molar-refractivity contribution < 1.29 is 9.94 Å². The third kappa shape index (κ3) is 4.29. The van der Waals surface area contributed by atoms with Crippen molar-refractivity contribution in [3.05, 3.63) is 29.8 Å². The van der Waals surface area contributed by atoms with Crippen molar-refractivity contribution in [2.45, 2.75) is 33.6 Å². The molecule has 0 unspecified atom stereocenters. The van der Waals surface area contributed by atoms with Crippen LogP contribution in [0.25, 0.3) is 0 Å². The summed E-state index contributed by atoms with van der Waals surface area (Å²) in [6, 6.07) is 9.70. The lowest BCUT2D eigenvalue weighted by atomic mass is 9.92. The number of ether oxygens (including phenoxy) is 1. The molecule has 0 aromatic heterocycles. The largest absolute Gasteiger partial charge is 0.493 e. The molecule has 102 valence electrons. The van der Waals surface area contributed by atoms with Crippen molar-refractivity contribution >= 4 is 5.71 Å². The van der Waals surface area contributed by atoms with E-state index in [1.807, 2.05) is 45.0 Å². The van der Waals surface area contributed by atoms with Crippen LogP contribution >= 0.6 is 0 Å². The maximum absolute atomic E-state index is 8.99. The van der Waals surface area contributed by atoms with E-state index < -0.39 is 5.41 Å². The highest BCUT2D eigenvalue weighted by molar-refractivity contribution is 6.02. The summed E-state index contributed by atoms with van der Waals surface area (Å²) in [5.74, 6) is 0.686. The van der Waals surface area contributed by atoms with Gasteiger partial charge in [-0.05, 0) is 38.8 Å². The summed E-state index contributed by atoms with van der Waals surface area (Å²) in [6.07, 6.45) is 1.27. The fourth-order valence-corrected chi connectivity index (χ4v) is 1.62. The van der Waals surface area contributed by atoms with E-state index in [4.69, 9.17) is 15.2 Å². The SMILES string of the molecule is CCC(=NO)c1ccccc1OCCC(C)(C)C#N. The molecule has 0 radical (unpaired) electrons. The second kappa shape index (κ2) is 6.79. The molecule has 4 nitrogen and oxygen atoms in total. The van der Waals surface area contributed by atoms with Crippen molar-refractivity contribution in [1.82, 2.24) is 0 Å². The van der Waals surface area contributed by atoms with Gasteiger partial charge in [-0.25, -0.2) is 0 Å². The average molecular weight is 260 g/mol. The van der Waals surface area contributed by atoms with Gasteiger partial charge in [-0.1, -0.05) is 24.2 Å². The Hall–Kier alpha value is -2.02. The van der Waals surface area contributed by atoms with Gasteiger partial charge in [0, 0.05) is 5.56 Å². The highest BCUT2D eigenvalue weighted by Gasteiger charge is 2.17. The van der Waals surface area contributed by atoms with Gasteiger partial charge in [0.1, 0.15) is 5.75 Å². The van der Waals surface area contributed by atoms with Gasteiger partial charge in [-0.2, -0.15) is 5.26 Å². The van der Waals surface area contributed by atoms with Crippen molar-refractivity contribution in [2.24, 2.45) is 10.6 Å². The van der Waals surface area contributed by atoms with Gasteiger partial charge in [-0.3, -0.25) is 0 Å². The quantitative estimate of drug-likeness (QED) is 0.483. The molecule has 1 aromatic carbocycles. The lowest BCUT2D eigenvalue weighted by Gasteiger charge is -2.16. The number of hydrogen-bond donors (Lipinski definition) is 1. The molecule has 0 atom stereocenters. The van der Waals surface area contributed by atoms with Crippen LogP contribution in [0.2, 0.25) is 0 Å². The summed E-state index contributed by atoms with van der Waals surface area (Å²) >= 11 is 0. The molecule has 1 N–H and O–H groups in total. The Morgan fingerprint density at radius 1 is 1.42 bits per heavy atom. The molecule has 1 aromatic rings. The minimum atomic E-state index is -0.395. The minimum absolute atomic E-state index is 0.395. The second-order valence-corrected chi connectivity index (χ2v) is 4.99. The zero-order chi connectivity index (χ0) is 14.3. The summed E-state index contributed by atoms with van der Waals surface area (Å²) in [7, 11) is 0. The van der Waals surface area contributed by atoms with Gasteiger partial charge in [0.05, 0.1) is 23.8 Å². The zero-order valence-corrected chi connectivity index (χ0v) is 11.7. The summed E-state index contributed by atoms with van der Waals surface area (Å²) < 4.78 is 5.72. The number of oxime groups is 1. The Bertz CT molecular complexity index is 487. The molecule has 19 heavy (non-hydrogen) atoms. The summed E-state index contributed by atoms with van der Waals surface area (Å²) in [6.45, 7) is 6.15. The normalized spacial score (nSPS) is 12.0. The first-order valence-electron chi connectivity index (χ1n) is 6.38. The predicted octanol–water partition coefficient (Wildman–Crippen LogP) is 3.59. The van der Waals surface area contributed by atoms with Gasteiger partial charge < -0.3 is 9.94 Å². The number of benzene rings is 1. The molecular weight excluding hydrogens is 240 g/mol. The first-order valence-corrected chi connectivity index (χ1v) is 6.38. The van der Waals surface area contributed by atoms with Gasteiger partial charge in [0.2, 0.25) is 0 Å². The second-order valence-electron chi connectivity index (χ2n) is 4.99. The van der Waals surface area contributed by atoms with Crippen LogP contribution in [-0.4, -0.2) is 17.5 Å². The van der Waals surface area contributed by atoms with E-state index in [9.17, 15) is 0 Å². The topological polar surface area (TPSA) is 65.6 Å². The third-order valence-electron chi connectivity index (χ3n) is 2.94. The predicted molar refractivity (Wildman–Crippen MR) is 74.6 cm³/mol. The zero-order valence-electron chi connectivity index (χ0n) is 11.7. The van der Waals surface area contributed by atoms with E-state index in [1.54, 1.807) is 0 Å². The number of para-hydroxylation sites is 1. The first-order chi connectivity index (χ1) is 9.04. The maximum Gasteiger partial charge on any atom is 0.128 e. The molecule has 0 heterocycles. The molecule has 0 saturated carbocycles. The average Bonchev–Trinajstić information content (AvgIpc) is 2.41. The van der Waals surface area contributed by atoms with E-state index >= 15 is 0 Å². The molecule has 0 amide bonds. The molecule has 0 spiro atoms. The fraction of sp³-hybridized carbons (Fsp3) is 0.467. The standard InChI is InChI=1S/C15H20N2O2/c1-4-13(17-18)12-7-5-6-8-14(12)19-10-9-15(2,3)11-16/h5-8,18H,4,9-10H2,1-3H3. The molecule has 0 aliphatic carbocycles. The number of hydrogen-bond acceptors (Lipinski definition) is 4. The first kappa shape index (κ1) is 15.0. The van der Waals surface area contributed by atoms with Crippen LogP contribution in [0.5, 0.6) is 5.75 Å². The summed E-state index contributed by atoms with van der Waals surface area (Å²) in [5.41, 5.74) is 0.991. The Labute approximate surface area is 114 Å². The molecule has 0 fully saturated rings. The molecule has 0 saturated heterocycles. The Kier molecular flexibility index (Phi) is 5.37. The van der Waals surface area contributed by atoms with Crippen LogP contribution in [0, 0.1) is 16.7 Å². The number of nitriles is 1. The molecule has 1 rings (SSSR count). The smallest absolute Gasteiger partial charge is 0.128 e. The van der Waals surface area contributed by atoms with Crippen molar-refractivity contribution in [3.8, 4) is 11.8 Å². The number of nitrogens with zero attached hydrogens (tertiary/aromatic N) is 2. The van der Waals surface area contributed by atoms with E-state index in [0.717, 1.165) is 5.56 Å². The Morgan fingerprint density at radius 2 is 2.11 bits per heavy atom. The van der Waals surface area contributed by atoms with Crippen LogP contribution in [0.1, 0.15) is 39.2 Å². The summed E-state index contributed by atoms with van der Waals surface area (Å²) in [5, 5.41) is 21.2. The number of rotatable bonds is 6. The molecule has 0 bridgehead atoms. The Morgan fingerprint density at radius 3 is 2.68 bits per heavy atom. The Balaban J connectivity index is 2.77. The third-order valence-corrected chi connectivity index (χ3v) is 2.94. The van der Waals surface area contributed by atoms with Gasteiger partial charge in [-0.15, -0.1) is 0 Å². The van der Waals surface area contributed by atoms with Gasteiger partial charge >= 0.3 is 0 Å². The van der Waals surface area contributed by atoms with Crippen molar-refractivity contribution in [1.29, 1.82) is 5.26 Å². The van der Waals surface area contributed by atoms with Crippen LogP contribution in [0.4, 0.5) is 0 Å². The minimum Gasteiger partial charge on any atom is -0.493 e. The molecule has 0 aliphatic rings. The fourth-order valence-electron chi connectivity index (χ4n) is 1.62. The van der Waals surface area contributed by atoms with Crippen LogP contribution in [0.3, 0.4) is 0 Å². The van der Waals surface area contributed by atoms with Crippen molar-refractivity contribution in [3.63, 3.8) is 0 Å². The lowest BCUT2D eigenvalue weighted by molar-refractivity contribution is 0.263. The van der Waals surface area contributed by atoms with Crippen LogP contribution in [-0.2, 0) is 0 Å². The maximum atomic E-state index is 8.99. The monoisotopic (exact) mass is 260 g/mol. The summed E-state index contributed by atoms with van der Waals surface area (Å²) in [4.78, 5) is 0. The highest BCUT2D eigenvalue weighted by atomic mass is 16.5. The molecule has 0 aliphatic heterocycles. The van der Waals surface area contributed by atoms with E-state index in [-0.39, 0.29) is 0 Å². The van der Waals surface area contributed by atoms with E-state index in [0.29, 0.717) is 30.9 Å². The highest BCUT2D eigenvalue weighted by Crippen LogP contribution is 2.23. The lowest BCUT2D eigenvalue weighted by Crippen LogP contribution is -2.14.